The number of nitrogens with two attached hydrogens (primary N) is 1. The van der Waals surface area contributed by atoms with Crippen molar-refractivity contribution >= 4 is 22.9 Å². The van der Waals surface area contributed by atoms with Crippen LogP contribution in [0.25, 0.3) is 17.0 Å². The van der Waals surface area contributed by atoms with Crippen LogP contribution >= 0.6 is 0 Å². The van der Waals surface area contributed by atoms with Crippen molar-refractivity contribution < 1.29 is 13.6 Å². The van der Waals surface area contributed by atoms with E-state index >= 15 is 0 Å². The lowest BCUT2D eigenvalue weighted by atomic mass is 10.1. The molecule has 0 unspecified atom stereocenters. The Labute approximate surface area is 142 Å². The van der Waals surface area contributed by atoms with E-state index in [9.17, 15) is 13.6 Å². The van der Waals surface area contributed by atoms with E-state index in [4.69, 9.17) is 5.84 Å². The highest BCUT2D eigenvalue weighted by atomic mass is 19.1. The number of nitrogens with zero attached hydrogens (tertiary/aromatic N) is 2. The van der Waals surface area contributed by atoms with Gasteiger partial charge in [0.05, 0.1) is 17.8 Å². The van der Waals surface area contributed by atoms with Crippen LogP contribution in [0.4, 0.5) is 8.78 Å². The minimum Gasteiger partial charge on any atom is -0.291 e. The first-order chi connectivity index (χ1) is 12.0. The number of amides is 1. The number of rotatable bonds is 4. The van der Waals surface area contributed by atoms with Crippen LogP contribution < -0.4 is 11.3 Å². The topological polar surface area (TPSA) is 72.9 Å². The normalized spacial score (nSPS) is 11.4. The molecule has 0 spiro atoms. The molecule has 2 aromatic carbocycles. The summed E-state index contributed by atoms with van der Waals surface area (Å²) in [5, 5.41) is 5.26. The van der Waals surface area contributed by atoms with E-state index in [0.29, 0.717) is 11.3 Å². The summed E-state index contributed by atoms with van der Waals surface area (Å²) in [5.41, 5.74) is 4.69. The predicted molar refractivity (Wildman–Crippen MR) is 91.3 cm³/mol. The van der Waals surface area contributed by atoms with Gasteiger partial charge >= 0.3 is 0 Å². The van der Waals surface area contributed by atoms with Gasteiger partial charge in [-0.25, -0.2) is 14.6 Å². The molecule has 3 N–H and O–H groups in total. The standard InChI is InChI=1S/C18H16F2N4O/c1-11-2-5-14-16(6-7-18(25)22-21)23-24(17(14)8-11)10-12-3-4-13(19)9-15(12)20/h2-9H,10,21H2,1H3,(H,22,25)/b7-6+. The van der Waals surface area contributed by atoms with E-state index in [2.05, 4.69) is 5.10 Å². The number of nitrogens with one attached hydrogen (secondary N) is 1. The number of halogens is 2. The van der Waals surface area contributed by atoms with Gasteiger partial charge in [0.2, 0.25) is 0 Å². The van der Waals surface area contributed by atoms with Gasteiger partial charge in [0, 0.05) is 23.1 Å². The first-order valence-corrected chi connectivity index (χ1v) is 7.57. The Balaban J connectivity index is 2.06. The van der Waals surface area contributed by atoms with Gasteiger partial charge in [0.1, 0.15) is 11.6 Å². The second-order valence-electron chi connectivity index (χ2n) is 5.64. The first-order valence-electron chi connectivity index (χ1n) is 7.57. The lowest BCUT2D eigenvalue weighted by Gasteiger charge is -2.06. The van der Waals surface area contributed by atoms with E-state index in [1.165, 1.54) is 24.3 Å². The Morgan fingerprint density at radius 1 is 1.28 bits per heavy atom. The summed E-state index contributed by atoms with van der Waals surface area (Å²) in [6, 6.07) is 9.18. The molecule has 3 aromatic rings. The number of hydrogen-bond donors (Lipinski definition) is 2. The van der Waals surface area contributed by atoms with Crippen LogP contribution in [0.2, 0.25) is 0 Å². The largest absolute Gasteiger partial charge is 0.291 e. The summed E-state index contributed by atoms with van der Waals surface area (Å²) in [6.07, 6.45) is 2.81. The summed E-state index contributed by atoms with van der Waals surface area (Å²) < 4.78 is 28.7. The molecule has 25 heavy (non-hydrogen) atoms. The third kappa shape index (κ3) is 3.56. The molecule has 0 saturated heterocycles. The highest BCUT2D eigenvalue weighted by Crippen LogP contribution is 2.23. The SMILES string of the molecule is Cc1ccc2c(/C=C/C(=O)NN)nn(Cc3ccc(F)cc3F)c2c1. The van der Waals surface area contributed by atoms with Crippen LogP contribution in [-0.2, 0) is 11.3 Å². The Morgan fingerprint density at radius 3 is 2.80 bits per heavy atom. The molecule has 3 rings (SSSR count). The van der Waals surface area contributed by atoms with Crippen molar-refractivity contribution in [1.29, 1.82) is 0 Å². The molecule has 128 valence electrons. The number of benzene rings is 2. The van der Waals surface area contributed by atoms with Crippen molar-refractivity contribution in [1.82, 2.24) is 15.2 Å². The molecule has 1 heterocycles. The highest BCUT2D eigenvalue weighted by molar-refractivity contribution is 5.95. The van der Waals surface area contributed by atoms with Gasteiger partial charge in [0.25, 0.3) is 5.91 Å². The van der Waals surface area contributed by atoms with Crippen LogP contribution in [0.15, 0.2) is 42.5 Å². The van der Waals surface area contributed by atoms with Gasteiger partial charge < -0.3 is 0 Å². The van der Waals surface area contributed by atoms with E-state index in [-0.39, 0.29) is 6.54 Å². The van der Waals surface area contributed by atoms with E-state index in [1.807, 2.05) is 30.5 Å². The molecule has 5 nitrogen and oxygen atoms in total. The number of fused-ring (bicyclic) bond motifs is 1. The predicted octanol–water partition coefficient (Wildman–Crippen LogP) is 2.67. The van der Waals surface area contributed by atoms with Crippen molar-refractivity contribution in [2.24, 2.45) is 5.84 Å². The fourth-order valence-corrected chi connectivity index (χ4v) is 2.57. The maximum absolute atomic E-state index is 14.0. The lowest BCUT2D eigenvalue weighted by molar-refractivity contribution is -0.116. The number of aryl methyl sites for hydroxylation is 1. The first kappa shape index (κ1) is 16.8. The number of carbonyl (C=O) groups excluding carboxylic acids is 1. The second kappa shape index (κ2) is 6.82. The Bertz CT molecular complexity index is 979. The highest BCUT2D eigenvalue weighted by Gasteiger charge is 2.12. The van der Waals surface area contributed by atoms with Gasteiger partial charge in [-0.1, -0.05) is 18.2 Å². The fraction of sp³-hybridized carbons (Fsp3) is 0.111. The zero-order chi connectivity index (χ0) is 18.0. The maximum Gasteiger partial charge on any atom is 0.257 e. The van der Waals surface area contributed by atoms with Crippen LogP contribution in [-0.4, -0.2) is 15.7 Å². The zero-order valence-electron chi connectivity index (χ0n) is 13.5. The molecule has 1 aromatic heterocycles. The summed E-state index contributed by atoms with van der Waals surface area (Å²) in [6.45, 7) is 2.08. The molecule has 0 atom stereocenters. The zero-order valence-corrected chi connectivity index (χ0v) is 13.5. The van der Waals surface area contributed by atoms with E-state index < -0.39 is 17.5 Å². The van der Waals surface area contributed by atoms with Crippen LogP contribution in [0.5, 0.6) is 0 Å². The van der Waals surface area contributed by atoms with Crippen molar-refractivity contribution in [3.05, 3.63) is 70.9 Å². The summed E-state index contributed by atoms with van der Waals surface area (Å²) in [5.74, 6) is 3.34. The van der Waals surface area contributed by atoms with Gasteiger partial charge in [0.15, 0.2) is 0 Å². The number of hydrazine groups is 1. The molecule has 0 fully saturated rings. The molecular formula is C18H16F2N4O. The van der Waals surface area contributed by atoms with Crippen LogP contribution in [0.3, 0.4) is 0 Å². The molecule has 0 aliphatic carbocycles. The summed E-state index contributed by atoms with van der Waals surface area (Å²) in [4.78, 5) is 11.3. The van der Waals surface area contributed by atoms with Crippen molar-refractivity contribution in [3.8, 4) is 0 Å². The van der Waals surface area contributed by atoms with Crippen molar-refractivity contribution in [3.63, 3.8) is 0 Å². The Morgan fingerprint density at radius 2 is 2.08 bits per heavy atom. The van der Waals surface area contributed by atoms with E-state index in [0.717, 1.165) is 22.5 Å². The Hall–Kier alpha value is -3.06. The molecule has 0 radical (unpaired) electrons. The number of aromatic nitrogens is 2. The fourth-order valence-electron chi connectivity index (χ4n) is 2.57. The number of carbonyl (C=O) groups is 1. The molecule has 7 heteroatoms. The average Bonchev–Trinajstić information content (AvgIpc) is 2.92. The monoisotopic (exact) mass is 342 g/mol. The smallest absolute Gasteiger partial charge is 0.257 e. The van der Waals surface area contributed by atoms with Crippen LogP contribution in [0.1, 0.15) is 16.8 Å². The molecule has 0 bridgehead atoms. The minimum absolute atomic E-state index is 0.142. The summed E-state index contributed by atoms with van der Waals surface area (Å²) >= 11 is 0. The minimum atomic E-state index is -0.629. The lowest BCUT2D eigenvalue weighted by Crippen LogP contribution is -2.27. The second-order valence-corrected chi connectivity index (χ2v) is 5.64. The number of hydrogen-bond acceptors (Lipinski definition) is 3. The summed E-state index contributed by atoms with van der Waals surface area (Å²) in [7, 11) is 0. The quantitative estimate of drug-likeness (QED) is 0.331. The molecule has 1 amide bonds. The third-order valence-corrected chi connectivity index (χ3v) is 3.81. The van der Waals surface area contributed by atoms with Crippen LogP contribution in [0, 0.1) is 18.6 Å². The molecule has 0 aliphatic rings. The van der Waals surface area contributed by atoms with Gasteiger partial charge in [-0.3, -0.25) is 14.9 Å². The van der Waals surface area contributed by atoms with Crippen molar-refractivity contribution in [2.75, 3.05) is 0 Å². The van der Waals surface area contributed by atoms with Crippen molar-refractivity contribution in [2.45, 2.75) is 13.5 Å². The molecule has 0 aliphatic heterocycles. The molecular weight excluding hydrogens is 326 g/mol. The third-order valence-electron chi connectivity index (χ3n) is 3.81. The van der Waals surface area contributed by atoms with Gasteiger partial charge in [-0.05, 0) is 30.7 Å². The Kier molecular flexibility index (Phi) is 4.58. The van der Waals surface area contributed by atoms with Gasteiger partial charge in [-0.2, -0.15) is 5.10 Å². The van der Waals surface area contributed by atoms with Gasteiger partial charge in [-0.15, -0.1) is 0 Å². The average molecular weight is 342 g/mol. The van der Waals surface area contributed by atoms with E-state index in [1.54, 1.807) is 4.68 Å². The molecule has 0 saturated carbocycles. The maximum atomic E-state index is 14.0.